The van der Waals surface area contributed by atoms with Crippen molar-refractivity contribution < 1.29 is 92.2 Å². The predicted octanol–water partition coefficient (Wildman–Crippen LogP) is 4.67. The first-order chi connectivity index (χ1) is 13.8. The second-order valence-corrected chi connectivity index (χ2v) is 7.67. The van der Waals surface area contributed by atoms with Crippen LogP contribution in [-0.2, 0) is 14.8 Å². The average Bonchev–Trinajstić information content (AvgIpc) is 2.57. The molecule has 0 saturated heterocycles. The van der Waals surface area contributed by atoms with Gasteiger partial charge in [-0.25, -0.2) is 4.31 Å². The van der Waals surface area contributed by atoms with E-state index in [1.165, 1.54) is 0 Å². The number of hydrogen-bond acceptors (Lipinski definition) is 3. The van der Waals surface area contributed by atoms with Crippen molar-refractivity contribution in [2.45, 2.75) is 47.2 Å². The van der Waals surface area contributed by atoms with Gasteiger partial charge in [-0.15, -0.1) is 0 Å². The van der Waals surface area contributed by atoms with E-state index in [9.17, 15) is 92.2 Å². The highest BCUT2D eigenvalue weighted by Gasteiger charge is 2.88. The summed E-state index contributed by atoms with van der Waals surface area (Å²) in [6.07, 6.45) is -15.3. The molecule has 0 rings (SSSR count). The molecule has 0 unspecified atom stereocenters. The maximum Gasteiger partial charge on any atom is 0.460 e. The summed E-state index contributed by atoms with van der Waals surface area (Å²) in [5.74, 6) is -44.6. The molecule has 0 fully saturated rings. The molecule has 0 spiro atoms. The van der Waals surface area contributed by atoms with Crippen LogP contribution in [0.4, 0.5) is 79.0 Å². The first kappa shape index (κ1) is 31.2. The Kier molecular flexibility index (Phi) is 7.16. The summed E-state index contributed by atoms with van der Waals surface area (Å²) in [5, 5.41) is -7.97. The van der Waals surface area contributed by atoms with E-state index in [1.807, 2.05) is 0 Å². The molecule has 0 bridgehead atoms. The molecule has 0 aromatic carbocycles. The molecule has 0 aliphatic carbocycles. The van der Waals surface area contributed by atoms with Gasteiger partial charge in [0.15, 0.2) is 0 Å². The Bertz CT molecular complexity index is 869. The summed E-state index contributed by atoms with van der Waals surface area (Å²) in [6, 6.07) is 0. The molecule has 0 aromatic rings. The maximum absolute atomic E-state index is 13.5. The van der Waals surface area contributed by atoms with Crippen molar-refractivity contribution in [3.05, 3.63) is 0 Å². The number of amides is 1. The van der Waals surface area contributed by atoms with Gasteiger partial charge in [0.25, 0.3) is 0 Å². The summed E-state index contributed by atoms with van der Waals surface area (Å²) in [4.78, 5) is 11.1. The molecule has 0 aliphatic rings. The summed E-state index contributed by atoms with van der Waals surface area (Å²) in [7, 11) is -9.62. The second kappa shape index (κ2) is 7.58. The molecular formula is C10H3F18NO3S. The fourth-order valence-corrected chi connectivity index (χ4v) is 2.64. The van der Waals surface area contributed by atoms with Gasteiger partial charge in [0.2, 0.25) is 0 Å². The smallest absolute Gasteiger partial charge is 0.266 e. The fraction of sp³-hybridized carbons (Fsp3) is 0.900. The molecule has 0 aliphatic heterocycles. The Morgan fingerprint density at radius 1 is 0.545 bits per heavy atom. The van der Waals surface area contributed by atoms with Crippen LogP contribution >= 0.6 is 0 Å². The van der Waals surface area contributed by atoms with Gasteiger partial charge in [-0.1, -0.05) is 0 Å². The van der Waals surface area contributed by atoms with Crippen LogP contribution in [0.5, 0.6) is 0 Å². The third-order valence-corrected chi connectivity index (χ3v) is 5.29. The normalized spacial score (nSPS) is 16.1. The van der Waals surface area contributed by atoms with Gasteiger partial charge in [-0.3, -0.25) is 4.79 Å². The van der Waals surface area contributed by atoms with Crippen LogP contribution in [0.2, 0.25) is 0 Å². The molecule has 0 heterocycles. The van der Waals surface area contributed by atoms with E-state index < -0.39 is 74.5 Å². The number of rotatable bonds is 7. The lowest BCUT2D eigenvalue weighted by atomic mass is 10.0. The Labute approximate surface area is 168 Å². The highest BCUT2D eigenvalue weighted by molar-refractivity contribution is 7.90. The highest BCUT2D eigenvalue weighted by atomic mass is 32.2. The van der Waals surface area contributed by atoms with Crippen molar-refractivity contribution in [2.24, 2.45) is 0 Å². The third-order valence-electron chi connectivity index (χ3n) is 3.50. The van der Waals surface area contributed by atoms with Crippen LogP contribution in [0.15, 0.2) is 0 Å². The summed E-state index contributed by atoms with van der Waals surface area (Å²) < 4.78 is 248. The average molecular weight is 559 g/mol. The molecular weight excluding hydrogens is 556 g/mol. The van der Waals surface area contributed by atoms with Crippen LogP contribution in [0.1, 0.15) is 0 Å². The van der Waals surface area contributed by atoms with E-state index in [0.717, 1.165) is 0 Å². The number of carbonyl (C=O) groups excluding carboxylic acids is 1. The van der Waals surface area contributed by atoms with Crippen molar-refractivity contribution in [2.75, 3.05) is 7.05 Å². The van der Waals surface area contributed by atoms with Gasteiger partial charge in [0.1, 0.15) is 0 Å². The molecule has 0 radical (unpaired) electrons. The summed E-state index contributed by atoms with van der Waals surface area (Å²) in [6.45, 7) is 0. The lowest BCUT2D eigenvalue weighted by Crippen LogP contribution is -2.68. The first-order valence-electron chi connectivity index (χ1n) is 6.75. The van der Waals surface area contributed by atoms with Crippen molar-refractivity contribution in [3.8, 4) is 0 Å². The van der Waals surface area contributed by atoms with Crippen molar-refractivity contribution >= 4 is 15.9 Å². The third kappa shape index (κ3) is 4.02. The molecule has 0 N–H and O–H groups in total. The minimum Gasteiger partial charge on any atom is -0.266 e. The van der Waals surface area contributed by atoms with E-state index >= 15 is 0 Å². The van der Waals surface area contributed by atoms with Crippen LogP contribution in [0.25, 0.3) is 0 Å². The van der Waals surface area contributed by atoms with Crippen molar-refractivity contribution in [1.29, 1.82) is 0 Å². The van der Waals surface area contributed by atoms with Crippen LogP contribution in [-0.4, -0.2) is 72.9 Å². The van der Waals surface area contributed by atoms with Gasteiger partial charge in [-0.05, 0) is 0 Å². The van der Waals surface area contributed by atoms with Crippen LogP contribution in [0, 0.1) is 0 Å². The van der Waals surface area contributed by atoms with Gasteiger partial charge < -0.3 is 0 Å². The minimum absolute atomic E-state index is 1.23. The van der Waals surface area contributed by atoms with E-state index in [4.69, 9.17) is 0 Å². The topological polar surface area (TPSA) is 54.5 Å². The number of alkyl halides is 18. The van der Waals surface area contributed by atoms with Crippen LogP contribution < -0.4 is 0 Å². The van der Waals surface area contributed by atoms with Gasteiger partial charge in [0.05, 0.1) is 0 Å². The van der Waals surface area contributed by atoms with Gasteiger partial charge >= 0.3 is 63.2 Å². The molecule has 0 atom stereocenters. The zero-order chi connectivity index (χ0) is 27.7. The number of sulfonamides is 1. The summed E-state index contributed by atoms with van der Waals surface area (Å²) >= 11 is 0. The summed E-state index contributed by atoms with van der Waals surface area (Å²) in [5.41, 5.74) is 0. The Hall–Kier alpha value is -1.84. The molecule has 0 aromatic heterocycles. The molecule has 1 amide bonds. The number of hydrogen-bond donors (Lipinski definition) is 0. The van der Waals surface area contributed by atoms with Crippen LogP contribution in [0.3, 0.4) is 0 Å². The van der Waals surface area contributed by atoms with E-state index in [0.29, 0.717) is 0 Å². The second-order valence-electron chi connectivity index (χ2n) is 5.66. The highest BCUT2D eigenvalue weighted by Crippen LogP contribution is 2.56. The molecule has 198 valence electrons. The maximum atomic E-state index is 13.5. The minimum atomic E-state index is -8.38. The largest absolute Gasteiger partial charge is 0.460 e. The molecule has 23 heteroatoms. The van der Waals surface area contributed by atoms with Crippen molar-refractivity contribution in [1.82, 2.24) is 4.31 Å². The van der Waals surface area contributed by atoms with E-state index in [2.05, 4.69) is 0 Å². The van der Waals surface area contributed by atoms with E-state index in [-0.39, 0.29) is 0 Å². The molecule has 4 nitrogen and oxygen atoms in total. The lowest BCUT2D eigenvalue weighted by molar-refractivity contribution is -0.389. The zero-order valence-corrected chi connectivity index (χ0v) is 15.2. The van der Waals surface area contributed by atoms with Crippen molar-refractivity contribution in [3.63, 3.8) is 0 Å². The fourth-order valence-electron chi connectivity index (χ4n) is 1.51. The SMILES string of the molecule is CN(C(=O)C(F)(F)C(F)(F)C(F)(F)C(F)(F)F)S(=O)(=O)C(F)(F)C(F)(F)C(F)(F)C(F)(F)F. The first-order valence-corrected chi connectivity index (χ1v) is 8.19. The predicted molar refractivity (Wildman–Crippen MR) is 63.5 cm³/mol. The number of carbonyl (C=O) groups is 1. The Morgan fingerprint density at radius 2 is 0.818 bits per heavy atom. The Balaban J connectivity index is 6.70. The molecule has 0 saturated carbocycles. The number of nitrogens with zero attached hydrogens (tertiary/aromatic N) is 1. The quantitative estimate of drug-likeness (QED) is 0.427. The number of halogens is 18. The van der Waals surface area contributed by atoms with Gasteiger partial charge in [-0.2, -0.15) is 87.4 Å². The zero-order valence-electron chi connectivity index (χ0n) is 14.4. The lowest BCUT2D eigenvalue weighted by Gasteiger charge is -2.37. The van der Waals surface area contributed by atoms with E-state index in [1.54, 1.807) is 0 Å². The molecule has 33 heavy (non-hydrogen) atoms. The standard InChI is InChI=1S/C10H3F18NO3S/c1-29(2(30)3(11,12)4(13,14)5(15,16)8(21,22)23)33(31,32)10(27,28)7(19,20)6(17,18)9(24,25)26/h1H3. The monoisotopic (exact) mass is 559 g/mol. The Morgan fingerprint density at radius 3 is 1.09 bits per heavy atom. The van der Waals surface area contributed by atoms with Gasteiger partial charge in [0, 0.05) is 7.05 Å².